The van der Waals surface area contributed by atoms with Crippen molar-refractivity contribution in [2.75, 3.05) is 7.05 Å². The van der Waals surface area contributed by atoms with Crippen LogP contribution in [-0.2, 0) is 0 Å². The molecule has 0 amide bonds. The lowest BCUT2D eigenvalue weighted by Gasteiger charge is -2.42. The summed E-state index contributed by atoms with van der Waals surface area (Å²) in [5.74, 6) is 0. The van der Waals surface area contributed by atoms with E-state index in [9.17, 15) is 0 Å². The Bertz CT molecular complexity index is 143. The van der Waals surface area contributed by atoms with Gasteiger partial charge in [0.05, 0.1) is 8.96 Å². The molecule has 0 aromatic rings. The van der Waals surface area contributed by atoms with E-state index in [1.54, 1.807) is 0 Å². The summed E-state index contributed by atoms with van der Waals surface area (Å²) in [6.07, 6.45) is 4.16. The Morgan fingerprint density at radius 2 is 1.20 bits per heavy atom. The topological polar surface area (TPSA) is 3.24 Å². The van der Waals surface area contributed by atoms with Crippen LogP contribution in [0.4, 0.5) is 0 Å². The lowest BCUT2D eigenvalue weighted by atomic mass is 10.6. The molecule has 0 aromatic heterocycles. The molecule has 0 aliphatic heterocycles. The van der Waals surface area contributed by atoms with Crippen molar-refractivity contribution < 1.29 is 0 Å². The Kier molecular flexibility index (Phi) is 7.83. The van der Waals surface area contributed by atoms with Gasteiger partial charge in [-0.3, -0.25) is 0 Å². The molecule has 0 bridgehead atoms. The molecule has 0 unspecified atom stereocenters. The lowest BCUT2D eigenvalue weighted by molar-refractivity contribution is 0.706. The SMILES string of the molecule is CCC[Si](CCC)(CCC)N(C)[SiH](C)C. The average molecular weight is 246 g/mol. The van der Waals surface area contributed by atoms with Gasteiger partial charge in [-0.05, 0) is 25.2 Å². The van der Waals surface area contributed by atoms with Gasteiger partial charge >= 0.3 is 0 Å². The van der Waals surface area contributed by atoms with Crippen molar-refractivity contribution >= 4 is 17.2 Å². The van der Waals surface area contributed by atoms with E-state index in [0.717, 1.165) is 0 Å². The van der Waals surface area contributed by atoms with E-state index in [-0.39, 0.29) is 0 Å². The van der Waals surface area contributed by atoms with Crippen LogP contribution in [-0.4, -0.2) is 28.5 Å². The van der Waals surface area contributed by atoms with Crippen molar-refractivity contribution in [2.24, 2.45) is 0 Å². The van der Waals surface area contributed by atoms with Crippen LogP contribution in [0.5, 0.6) is 0 Å². The quantitative estimate of drug-likeness (QED) is 0.583. The first-order valence-electron chi connectivity index (χ1n) is 6.77. The minimum Gasteiger partial charge on any atom is -0.350 e. The second kappa shape index (κ2) is 7.63. The fraction of sp³-hybridized carbons (Fsp3) is 1.00. The largest absolute Gasteiger partial charge is 0.350 e. The lowest BCUT2D eigenvalue weighted by Crippen LogP contribution is -2.55. The number of hydrogen-bond acceptors (Lipinski definition) is 1. The number of rotatable bonds is 8. The fourth-order valence-corrected chi connectivity index (χ4v) is 13.0. The van der Waals surface area contributed by atoms with E-state index in [4.69, 9.17) is 0 Å². The third kappa shape index (κ3) is 4.41. The summed E-state index contributed by atoms with van der Waals surface area (Å²) in [6, 6.07) is 4.57. The highest BCUT2D eigenvalue weighted by Crippen LogP contribution is 2.29. The van der Waals surface area contributed by atoms with Crippen LogP contribution in [0.3, 0.4) is 0 Å². The van der Waals surface area contributed by atoms with Crippen LogP contribution in [0.1, 0.15) is 40.0 Å². The molecule has 0 spiro atoms. The molecule has 0 aliphatic carbocycles. The Morgan fingerprint density at radius 1 is 0.867 bits per heavy atom. The zero-order chi connectivity index (χ0) is 11.9. The normalized spacial score (nSPS) is 12.8. The minimum atomic E-state index is -1.07. The standard InChI is InChI=1S/C12H31NSi2/c1-7-10-15(11-8-2,12-9-3)13(4)14(5)6/h14H,7-12H2,1-6H3. The van der Waals surface area contributed by atoms with Crippen LogP contribution < -0.4 is 0 Å². The van der Waals surface area contributed by atoms with Crippen molar-refractivity contribution in [2.45, 2.75) is 71.3 Å². The van der Waals surface area contributed by atoms with Gasteiger partial charge in [-0.25, -0.2) is 0 Å². The fourth-order valence-electron chi connectivity index (χ4n) is 2.85. The Morgan fingerprint density at radius 3 is 1.40 bits per heavy atom. The van der Waals surface area contributed by atoms with Crippen molar-refractivity contribution in [3.63, 3.8) is 0 Å². The monoisotopic (exact) mass is 245 g/mol. The summed E-state index contributed by atoms with van der Waals surface area (Å²) in [5.41, 5.74) is 0. The van der Waals surface area contributed by atoms with E-state index in [0.29, 0.717) is 0 Å². The Labute approximate surface area is 100 Å². The van der Waals surface area contributed by atoms with Gasteiger partial charge in [-0.2, -0.15) is 0 Å². The van der Waals surface area contributed by atoms with Crippen LogP contribution in [0.2, 0.25) is 31.2 Å². The van der Waals surface area contributed by atoms with Gasteiger partial charge in [0.15, 0.2) is 0 Å². The summed E-state index contributed by atoms with van der Waals surface area (Å²) >= 11 is 0. The van der Waals surface area contributed by atoms with E-state index in [2.05, 4.69) is 45.1 Å². The Balaban J connectivity index is 4.73. The second-order valence-electron chi connectivity index (χ2n) is 5.18. The van der Waals surface area contributed by atoms with Gasteiger partial charge < -0.3 is 4.23 Å². The smallest absolute Gasteiger partial charge is 0.121 e. The van der Waals surface area contributed by atoms with Gasteiger partial charge in [-0.1, -0.05) is 53.1 Å². The molecular formula is C12H31NSi2. The van der Waals surface area contributed by atoms with Crippen molar-refractivity contribution in [3.05, 3.63) is 0 Å². The highest BCUT2D eigenvalue weighted by Gasteiger charge is 2.35. The molecule has 0 N–H and O–H groups in total. The third-order valence-corrected chi connectivity index (χ3v) is 14.2. The zero-order valence-corrected chi connectivity index (χ0v) is 13.9. The van der Waals surface area contributed by atoms with E-state index >= 15 is 0 Å². The molecule has 0 fully saturated rings. The number of nitrogens with zero attached hydrogens (tertiary/aromatic N) is 1. The van der Waals surface area contributed by atoms with Crippen molar-refractivity contribution in [3.8, 4) is 0 Å². The van der Waals surface area contributed by atoms with Crippen LogP contribution in [0.15, 0.2) is 0 Å². The average Bonchev–Trinajstić information content (AvgIpc) is 2.17. The molecule has 0 radical (unpaired) electrons. The first kappa shape index (κ1) is 15.4. The molecule has 0 aliphatic rings. The molecule has 15 heavy (non-hydrogen) atoms. The summed E-state index contributed by atoms with van der Waals surface area (Å²) in [5, 5.41) is 0. The highest BCUT2D eigenvalue weighted by atomic mass is 28.4. The molecular weight excluding hydrogens is 214 g/mol. The molecule has 1 nitrogen and oxygen atoms in total. The van der Waals surface area contributed by atoms with E-state index in [1.165, 1.54) is 37.4 Å². The summed E-state index contributed by atoms with van der Waals surface area (Å²) < 4.78 is 2.89. The van der Waals surface area contributed by atoms with Crippen molar-refractivity contribution in [1.82, 2.24) is 4.23 Å². The minimum absolute atomic E-state index is 0.589. The molecule has 0 heterocycles. The summed E-state index contributed by atoms with van der Waals surface area (Å²) in [7, 11) is 0.778. The predicted octanol–water partition coefficient (Wildman–Crippen LogP) is 4.08. The van der Waals surface area contributed by atoms with E-state index in [1.807, 2.05) is 0 Å². The maximum absolute atomic E-state index is 2.89. The van der Waals surface area contributed by atoms with Crippen LogP contribution in [0, 0.1) is 0 Å². The third-order valence-electron chi connectivity index (χ3n) is 3.67. The Hall–Kier alpha value is 0.394. The molecule has 3 heteroatoms. The second-order valence-corrected chi connectivity index (χ2v) is 13.3. The van der Waals surface area contributed by atoms with Gasteiger partial charge in [0.25, 0.3) is 0 Å². The maximum Gasteiger partial charge on any atom is 0.121 e. The summed E-state index contributed by atoms with van der Waals surface area (Å²) in [6.45, 7) is 12.1. The molecule has 0 saturated heterocycles. The summed E-state index contributed by atoms with van der Waals surface area (Å²) in [4.78, 5) is 0. The van der Waals surface area contributed by atoms with Crippen LogP contribution >= 0.6 is 0 Å². The van der Waals surface area contributed by atoms with Gasteiger partial charge in [-0.15, -0.1) is 0 Å². The van der Waals surface area contributed by atoms with Gasteiger partial charge in [0.1, 0.15) is 8.24 Å². The molecule has 0 atom stereocenters. The predicted molar refractivity (Wildman–Crippen MR) is 77.7 cm³/mol. The van der Waals surface area contributed by atoms with Gasteiger partial charge in [0.2, 0.25) is 0 Å². The molecule has 92 valence electrons. The van der Waals surface area contributed by atoms with Crippen molar-refractivity contribution in [1.29, 1.82) is 0 Å². The van der Waals surface area contributed by atoms with Crippen LogP contribution in [0.25, 0.3) is 0 Å². The molecule has 0 rings (SSSR count). The maximum atomic E-state index is 2.89. The first-order valence-corrected chi connectivity index (χ1v) is 12.2. The molecule has 0 aromatic carbocycles. The highest BCUT2D eigenvalue weighted by molar-refractivity contribution is 6.85. The first-order chi connectivity index (χ1) is 7.04. The molecule has 0 saturated carbocycles. The zero-order valence-electron chi connectivity index (χ0n) is 11.8. The number of hydrogen-bond donors (Lipinski definition) is 0. The van der Waals surface area contributed by atoms with E-state index < -0.39 is 17.2 Å². The van der Waals surface area contributed by atoms with Gasteiger partial charge in [0, 0.05) is 0 Å².